The highest BCUT2D eigenvalue weighted by Gasteiger charge is 2.25. The van der Waals surface area contributed by atoms with Crippen LogP contribution in [-0.2, 0) is 9.53 Å². The molecule has 128 valence electrons. The Balaban J connectivity index is 2.54. The lowest BCUT2D eigenvalue weighted by Crippen LogP contribution is -2.19. The average Bonchev–Trinajstić information content (AvgIpc) is 2.91. The predicted octanol–water partition coefficient (Wildman–Crippen LogP) is 2.28. The molecule has 1 aromatic carbocycles. The number of rotatable bonds is 7. The first-order chi connectivity index (χ1) is 11.5. The first-order valence-electron chi connectivity index (χ1n) is 7.83. The Labute approximate surface area is 141 Å². The summed E-state index contributed by atoms with van der Waals surface area (Å²) in [5, 5.41) is 0.727. The molecule has 0 aliphatic rings. The van der Waals surface area contributed by atoms with E-state index in [9.17, 15) is 9.59 Å². The van der Waals surface area contributed by atoms with Crippen molar-refractivity contribution in [1.82, 2.24) is 9.63 Å². The molecule has 0 aliphatic heterocycles. The number of hydrogen-bond donors (Lipinski definition) is 0. The van der Waals surface area contributed by atoms with Crippen molar-refractivity contribution in [3.05, 3.63) is 47.8 Å². The van der Waals surface area contributed by atoms with Gasteiger partial charge in [0.05, 0.1) is 23.9 Å². The zero-order valence-electron chi connectivity index (χ0n) is 14.4. The van der Waals surface area contributed by atoms with E-state index in [4.69, 9.17) is 9.57 Å². The number of para-hydroxylation sites is 1. The van der Waals surface area contributed by atoms with Gasteiger partial charge in [-0.3, -0.25) is 4.79 Å². The Morgan fingerprint density at radius 2 is 1.88 bits per heavy atom. The third-order valence-corrected chi connectivity index (χ3v) is 3.32. The van der Waals surface area contributed by atoms with E-state index in [-0.39, 0.29) is 12.2 Å². The summed E-state index contributed by atoms with van der Waals surface area (Å²) < 4.78 is 6.58. The summed E-state index contributed by atoms with van der Waals surface area (Å²) in [6.07, 6.45) is 3.09. The van der Waals surface area contributed by atoms with Crippen molar-refractivity contribution in [3.8, 4) is 0 Å². The lowest BCUT2D eigenvalue weighted by Gasteiger charge is -2.10. The first-order valence-corrected chi connectivity index (χ1v) is 7.83. The molecule has 0 amide bonds. The SMILES string of the molecule is CCOC(=O)/C(=C/N(C)C)C(=O)c1cn(OCC)c2ccccc12. The molecule has 0 N–H and O–H groups in total. The van der Waals surface area contributed by atoms with Gasteiger partial charge in [0.25, 0.3) is 0 Å². The van der Waals surface area contributed by atoms with Crippen molar-refractivity contribution in [2.75, 3.05) is 27.3 Å². The van der Waals surface area contributed by atoms with E-state index in [0.29, 0.717) is 12.2 Å². The van der Waals surface area contributed by atoms with Gasteiger partial charge in [-0.05, 0) is 19.9 Å². The van der Waals surface area contributed by atoms with Crippen LogP contribution in [0.1, 0.15) is 24.2 Å². The van der Waals surface area contributed by atoms with E-state index in [1.807, 2.05) is 31.2 Å². The van der Waals surface area contributed by atoms with Crippen LogP contribution in [0.2, 0.25) is 0 Å². The van der Waals surface area contributed by atoms with Crippen LogP contribution < -0.4 is 4.84 Å². The lowest BCUT2D eigenvalue weighted by molar-refractivity contribution is -0.138. The maximum absolute atomic E-state index is 13.0. The summed E-state index contributed by atoms with van der Waals surface area (Å²) in [6, 6.07) is 7.40. The second-order valence-electron chi connectivity index (χ2n) is 5.36. The Morgan fingerprint density at radius 1 is 1.17 bits per heavy atom. The van der Waals surface area contributed by atoms with Crippen molar-refractivity contribution in [1.29, 1.82) is 0 Å². The standard InChI is InChI=1S/C18H22N2O4/c1-5-23-18(22)15(11-19(3)4)17(21)14-12-20(24-6-2)16-10-8-7-9-13(14)16/h7-12H,5-6H2,1-4H3/b15-11+. The fourth-order valence-electron chi connectivity index (χ4n) is 2.39. The van der Waals surface area contributed by atoms with Gasteiger partial charge in [-0.15, -0.1) is 0 Å². The van der Waals surface area contributed by atoms with Crippen LogP contribution in [0.3, 0.4) is 0 Å². The van der Waals surface area contributed by atoms with Crippen LogP contribution in [0.15, 0.2) is 42.2 Å². The summed E-state index contributed by atoms with van der Waals surface area (Å²) in [4.78, 5) is 32.3. The third kappa shape index (κ3) is 3.59. The highest BCUT2D eigenvalue weighted by molar-refractivity contribution is 6.27. The minimum Gasteiger partial charge on any atom is -0.462 e. The average molecular weight is 330 g/mol. The molecule has 0 aliphatic carbocycles. The number of nitrogens with zero attached hydrogens (tertiary/aromatic N) is 2. The second kappa shape index (κ2) is 7.68. The molecule has 0 saturated heterocycles. The van der Waals surface area contributed by atoms with Gasteiger partial charge in [0.15, 0.2) is 0 Å². The van der Waals surface area contributed by atoms with Gasteiger partial charge in [-0.1, -0.05) is 18.2 Å². The van der Waals surface area contributed by atoms with E-state index in [2.05, 4.69) is 0 Å². The smallest absolute Gasteiger partial charge is 0.343 e. The van der Waals surface area contributed by atoms with Crippen LogP contribution in [0, 0.1) is 0 Å². The molecule has 2 aromatic rings. The summed E-state index contributed by atoms with van der Waals surface area (Å²) in [6.45, 7) is 4.24. The topological polar surface area (TPSA) is 60.8 Å². The Hall–Kier alpha value is -2.76. The van der Waals surface area contributed by atoms with Crippen LogP contribution >= 0.6 is 0 Å². The molecule has 0 bridgehead atoms. The highest BCUT2D eigenvalue weighted by atomic mass is 16.7. The Bertz CT molecular complexity index is 774. The number of ketones is 1. The predicted molar refractivity (Wildman–Crippen MR) is 91.8 cm³/mol. The number of Topliss-reactive ketones (excluding diaryl/α,β-unsaturated/α-hetero) is 1. The van der Waals surface area contributed by atoms with E-state index in [1.165, 1.54) is 6.20 Å². The zero-order valence-corrected chi connectivity index (χ0v) is 14.4. The maximum Gasteiger partial charge on any atom is 0.343 e. The van der Waals surface area contributed by atoms with Gasteiger partial charge in [-0.25, -0.2) is 4.79 Å². The fourth-order valence-corrected chi connectivity index (χ4v) is 2.39. The minimum atomic E-state index is -0.635. The van der Waals surface area contributed by atoms with Gasteiger partial charge in [0.2, 0.25) is 5.78 Å². The van der Waals surface area contributed by atoms with Gasteiger partial charge in [-0.2, -0.15) is 4.73 Å². The quantitative estimate of drug-likeness (QED) is 0.256. The number of benzene rings is 1. The van der Waals surface area contributed by atoms with Gasteiger partial charge >= 0.3 is 5.97 Å². The van der Waals surface area contributed by atoms with Gasteiger partial charge in [0.1, 0.15) is 12.2 Å². The van der Waals surface area contributed by atoms with E-state index in [1.54, 1.807) is 36.8 Å². The zero-order chi connectivity index (χ0) is 17.7. The number of carbonyl (C=O) groups is 2. The molecule has 0 fully saturated rings. The third-order valence-electron chi connectivity index (χ3n) is 3.32. The molecular weight excluding hydrogens is 308 g/mol. The molecular formula is C18H22N2O4. The molecule has 0 saturated carbocycles. The van der Waals surface area contributed by atoms with Crippen molar-refractivity contribution < 1.29 is 19.2 Å². The van der Waals surface area contributed by atoms with E-state index < -0.39 is 11.8 Å². The molecule has 1 heterocycles. The van der Waals surface area contributed by atoms with Crippen molar-refractivity contribution in [2.45, 2.75) is 13.8 Å². The van der Waals surface area contributed by atoms with E-state index in [0.717, 1.165) is 10.9 Å². The second-order valence-corrected chi connectivity index (χ2v) is 5.36. The normalized spacial score (nSPS) is 11.4. The van der Waals surface area contributed by atoms with E-state index >= 15 is 0 Å². The number of fused-ring (bicyclic) bond motifs is 1. The van der Waals surface area contributed by atoms with Crippen LogP contribution in [0.5, 0.6) is 0 Å². The summed E-state index contributed by atoms with van der Waals surface area (Å²) in [5.41, 5.74) is 1.16. The fraction of sp³-hybridized carbons (Fsp3) is 0.333. The van der Waals surface area contributed by atoms with Crippen LogP contribution in [0.25, 0.3) is 10.9 Å². The molecule has 6 nitrogen and oxygen atoms in total. The molecule has 1 aromatic heterocycles. The van der Waals surface area contributed by atoms with Crippen molar-refractivity contribution in [3.63, 3.8) is 0 Å². The summed E-state index contributed by atoms with van der Waals surface area (Å²) in [7, 11) is 3.49. The number of ether oxygens (including phenoxy) is 1. The number of aromatic nitrogens is 1. The Morgan fingerprint density at radius 3 is 2.50 bits per heavy atom. The summed E-state index contributed by atoms with van der Waals surface area (Å²) in [5.74, 6) is -1.03. The van der Waals surface area contributed by atoms with Gasteiger partial charge < -0.3 is 14.5 Å². The lowest BCUT2D eigenvalue weighted by atomic mass is 10.0. The largest absolute Gasteiger partial charge is 0.462 e. The molecule has 0 spiro atoms. The molecule has 6 heteroatoms. The molecule has 0 radical (unpaired) electrons. The molecule has 24 heavy (non-hydrogen) atoms. The first kappa shape index (κ1) is 17.6. The molecule has 2 rings (SSSR count). The van der Waals surface area contributed by atoms with Crippen LogP contribution in [0.4, 0.5) is 0 Å². The maximum atomic E-state index is 13.0. The highest BCUT2D eigenvalue weighted by Crippen LogP contribution is 2.23. The number of hydrogen-bond acceptors (Lipinski definition) is 5. The van der Waals surface area contributed by atoms with Gasteiger partial charge in [0, 0.05) is 25.7 Å². The van der Waals surface area contributed by atoms with Crippen LogP contribution in [-0.4, -0.2) is 48.7 Å². The summed E-state index contributed by atoms with van der Waals surface area (Å²) >= 11 is 0. The van der Waals surface area contributed by atoms with Crippen molar-refractivity contribution >= 4 is 22.7 Å². The van der Waals surface area contributed by atoms with Crippen molar-refractivity contribution in [2.24, 2.45) is 0 Å². The molecule has 0 atom stereocenters. The monoisotopic (exact) mass is 330 g/mol. The Kier molecular flexibility index (Phi) is 5.63. The molecule has 0 unspecified atom stereocenters. The number of esters is 1. The minimum absolute atomic E-state index is 0.0127. The number of carbonyl (C=O) groups excluding carboxylic acids is 2.